The van der Waals surface area contributed by atoms with Crippen molar-refractivity contribution in [3.63, 3.8) is 0 Å². The van der Waals surface area contributed by atoms with Crippen molar-refractivity contribution in [1.82, 2.24) is 24.5 Å². The number of carbonyl (C=O) groups is 1. The number of pyridine rings is 2. The summed E-state index contributed by atoms with van der Waals surface area (Å²) in [6.07, 6.45) is 10.9. The summed E-state index contributed by atoms with van der Waals surface area (Å²) >= 11 is 1.23. The Labute approximate surface area is 257 Å². The standard InChI is InChI=1S/C33H41N7O2S/c1-21-17-22-18-31(2,3)39(20-22)29-23(30(41)38-43-28-6-4-5-25(35-28)34-19-21)7-8-26(36-29)40-15-9-27(37-40)42-16-10-24-32(11-12-32)33(24)13-14-33/h4-9,15,21-22,24H,10-14,16-20H2,1-3H3,(H,34,35)(H,38,41). The van der Waals surface area contributed by atoms with Gasteiger partial charge in [0.2, 0.25) is 5.88 Å². The van der Waals surface area contributed by atoms with Gasteiger partial charge < -0.3 is 15.0 Å². The van der Waals surface area contributed by atoms with Crippen LogP contribution in [0.25, 0.3) is 5.82 Å². The summed E-state index contributed by atoms with van der Waals surface area (Å²) in [4.78, 5) is 25.7. The van der Waals surface area contributed by atoms with Crippen LogP contribution in [0.1, 0.15) is 76.1 Å². The van der Waals surface area contributed by atoms with Crippen molar-refractivity contribution in [2.45, 2.75) is 76.3 Å². The molecule has 2 atom stereocenters. The van der Waals surface area contributed by atoms with Gasteiger partial charge in [-0.25, -0.2) is 14.6 Å². The number of amides is 1. The van der Waals surface area contributed by atoms with E-state index < -0.39 is 0 Å². The molecular weight excluding hydrogens is 558 g/mol. The van der Waals surface area contributed by atoms with Crippen molar-refractivity contribution >= 4 is 29.5 Å². The molecule has 3 saturated carbocycles. The Morgan fingerprint density at radius 3 is 2.67 bits per heavy atom. The molecule has 2 unspecified atom stereocenters. The van der Waals surface area contributed by atoms with Crippen molar-refractivity contribution < 1.29 is 9.53 Å². The zero-order valence-electron chi connectivity index (χ0n) is 25.3. The molecule has 0 aromatic carbocycles. The first-order valence-corrected chi connectivity index (χ1v) is 16.7. The largest absolute Gasteiger partial charge is 0.477 e. The summed E-state index contributed by atoms with van der Waals surface area (Å²) in [7, 11) is 0. The zero-order chi connectivity index (χ0) is 29.4. The van der Waals surface area contributed by atoms with Gasteiger partial charge >= 0.3 is 0 Å². The van der Waals surface area contributed by atoms with Crippen molar-refractivity contribution in [3.8, 4) is 11.7 Å². The van der Waals surface area contributed by atoms with Crippen LogP contribution in [-0.2, 0) is 0 Å². The topological polar surface area (TPSA) is 97.2 Å². The molecule has 4 bridgehead atoms. The minimum Gasteiger partial charge on any atom is -0.477 e. The van der Waals surface area contributed by atoms with E-state index in [-0.39, 0.29) is 11.4 Å². The molecule has 5 aliphatic rings. The van der Waals surface area contributed by atoms with Gasteiger partial charge in [0.05, 0.1) is 12.2 Å². The molecule has 1 amide bonds. The highest BCUT2D eigenvalue weighted by atomic mass is 32.2. The number of aromatic nitrogens is 4. The van der Waals surface area contributed by atoms with Crippen molar-refractivity contribution in [2.75, 3.05) is 29.9 Å². The Hall–Kier alpha value is -3.27. The van der Waals surface area contributed by atoms with E-state index in [1.54, 1.807) is 4.68 Å². The third kappa shape index (κ3) is 4.76. The van der Waals surface area contributed by atoms with Gasteiger partial charge in [0.1, 0.15) is 16.7 Å². The lowest BCUT2D eigenvalue weighted by Gasteiger charge is -2.34. The van der Waals surface area contributed by atoms with Gasteiger partial charge in [-0.15, -0.1) is 5.10 Å². The van der Waals surface area contributed by atoms with Crippen LogP contribution in [0.2, 0.25) is 0 Å². The average molecular weight is 600 g/mol. The molecule has 5 heterocycles. The molecule has 0 radical (unpaired) electrons. The molecule has 3 aromatic heterocycles. The van der Waals surface area contributed by atoms with Gasteiger partial charge in [-0.2, -0.15) is 0 Å². The first kappa shape index (κ1) is 27.3. The minimum atomic E-state index is -0.187. The second-order valence-corrected chi connectivity index (χ2v) is 15.1. The molecule has 2 aliphatic heterocycles. The van der Waals surface area contributed by atoms with Crippen LogP contribution < -0.4 is 19.7 Å². The number of anilines is 2. The van der Waals surface area contributed by atoms with E-state index in [4.69, 9.17) is 14.8 Å². The molecule has 8 rings (SSSR count). The molecule has 2 N–H and O–H groups in total. The average Bonchev–Trinajstić information content (AvgIpc) is 3.94. The van der Waals surface area contributed by atoms with Gasteiger partial charge in [0, 0.05) is 42.8 Å². The predicted octanol–water partition coefficient (Wildman–Crippen LogP) is 6.12. The molecule has 4 fully saturated rings. The summed E-state index contributed by atoms with van der Waals surface area (Å²) in [5.41, 5.74) is 1.82. The van der Waals surface area contributed by atoms with Gasteiger partial charge in [0.25, 0.3) is 5.91 Å². The smallest absolute Gasteiger partial charge is 0.265 e. The third-order valence-corrected chi connectivity index (χ3v) is 11.7. The van der Waals surface area contributed by atoms with Crippen molar-refractivity contribution in [3.05, 3.63) is 48.2 Å². The second-order valence-electron chi connectivity index (χ2n) is 14.3. The maximum atomic E-state index is 13.6. The summed E-state index contributed by atoms with van der Waals surface area (Å²) in [6, 6.07) is 11.5. The van der Waals surface area contributed by atoms with Crippen LogP contribution in [0, 0.1) is 28.6 Å². The Morgan fingerprint density at radius 2 is 1.88 bits per heavy atom. The van der Waals surface area contributed by atoms with Crippen LogP contribution in [0.5, 0.6) is 5.88 Å². The lowest BCUT2D eigenvalue weighted by Crippen LogP contribution is -2.40. The Bertz CT molecular complexity index is 1540. The fourth-order valence-electron chi connectivity index (χ4n) is 8.67. The zero-order valence-corrected chi connectivity index (χ0v) is 26.1. The Morgan fingerprint density at radius 1 is 1.07 bits per heavy atom. The van der Waals surface area contributed by atoms with E-state index in [1.165, 1.54) is 37.6 Å². The first-order valence-electron chi connectivity index (χ1n) is 15.9. The van der Waals surface area contributed by atoms with Crippen LogP contribution >= 0.6 is 11.9 Å². The van der Waals surface area contributed by atoms with E-state index in [9.17, 15) is 4.79 Å². The van der Waals surface area contributed by atoms with E-state index >= 15 is 0 Å². The van der Waals surface area contributed by atoms with E-state index in [0.717, 1.165) is 55.7 Å². The molecule has 1 saturated heterocycles. The maximum absolute atomic E-state index is 13.6. The van der Waals surface area contributed by atoms with Crippen LogP contribution in [0.3, 0.4) is 0 Å². The van der Waals surface area contributed by atoms with Gasteiger partial charge in [-0.05, 0) is 112 Å². The summed E-state index contributed by atoms with van der Waals surface area (Å²) < 4.78 is 10.9. The van der Waals surface area contributed by atoms with E-state index in [0.29, 0.717) is 45.7 Å². The Kier molecular flexibility index (Phi) is 6.27. The molecular formula is C33H41N7O2S. The van der Waals surface area contributed by atoms with Gasteiger partial charge in [-0.3, -0.25) is 9.52 Å². The van der Waals surface area contributed by atoms with Gasteiger partial charge in [0.15, 0.2) is 5.82 Å². The highest BCUT2D eigenvalue weighted by molar-refractivity contribution is 7.97. The molecule has 43 heavy (non-hydrogen) atoms. The Balaban J connectivity index is 1.05. The number of rotatable bonds is 5. The first-order chi connectivity index (χ1) is 20.8. The number of carbonyl (C=O) groups excluding carboxylic acids is 1. The number of hydrogen-bond acceptors (Lipinski definition) is 8. The molecule has 3 aliphatic carbocycles. The molecule has 2 spiro atoms. The van der Waals surface area contributed by atoms with Gasteiger partial charge in [-0.1, -0.05) is 13.0 Å². The molecule has 9 nitrogen and oxygen atoms in total. The number of hydrogen-bond donors (Lipinski definition) is 2. The SMILES string of the molecule is CC1CNc2cccc(n2)SNC(=O)c2ccc(-n3ccc(OCCC4C5(CC5)C45CC5)n3)nc2N2CC(C1)CC2(C)C. The molecule has 3 aromatic rings. The fraction of sp³-hybridized carbons (Fsp3) is 0.576. The molecule has 10 heteroatoms. The van der Waals surface area contributed by atoms with Crippen molar-refractivity contribution in [1.29, 1.82) is 0 Å². The number of nitrogens with zero attached hydrogens (tertiary/aromatic N) is 5. The third-order valence-electron chi connectivity index (χ3n) is 10.9. The van der Waals surface area contributed by atoms with E-state index in [1.807, 2.05) is 42.6 Å². The second kappa shape index (κ2) is 9.87. The summed E-state index contributed by atoms with van der Waals surface area (Å²) in [5, 5.41) is 8.95. The normalized spacial score (nSPS) is 26.2. The number of fused-ring (bicyclic) bond motifs is 7. The minimum absolute atomic E-state index is 0.145. The lowest BCUT2D eigenvalue weighted by molar-refractivity contribution is 0.0984. The number of nitrogens with one attached hydrogen (secondary N) is 2. The fourth-order valence-corrected chi connectivity index (χ4v) is 9.27. The van der Waals surface area contributed by atoms with E-state index in [2.05, 4.69) is 40.7 Å². The number of ether oxygens (including phenoxy) is 1. The van der Waals surface area contributed by atoms with Crippen molar-refractivity contribution in [2.24, 2.45) is 28.6 Å². The van der Waals surface area contributed by atoms with Crippen LogP contribution in [0.15, 0.2) is 47.6 Å². The lowest BCUT2D eigenvalue weighted by atomic mass is 9.89. The maximum Gasteiger partial charge on any atom is 0.265 e. The summed E-state index contributed by atoms with van der Waals surface area (Å²) in [6.45, 7) is 9.24. The highest BCUT2D eigenvalue weighted by Gasteiger charge is 2.85. The van der Waals surface area contributed by atoms with Crippen LogP contribution in [-0.4, -0.2) is 50.9 Å². The summed E-state index contributed by atoms with van der Waals surface area (Å²) in [5.74, 6) is 4.48. The quantitative estimate of drug-likeness (QED) is 0.339. The molecule has 226 valence electrons. The van der Waals surface area contributed by atoms with Crippen LogP contribution in [0.4, 0.5) is 11.6 Å². The monoisotopic (exact) mass is 599 g/mol. The predicted molar refractivity (Wildman–Crippen MR) is 168 cm³/mol. The highest BCUT2D eigenvalue weighted by Crippen LogP contribution is 2.93.